The largest absolute Gasteiger partial charge is 0.345 e. The average molecular weight is 343 g/mol. The summed E-state index contributed by atoms with van der Waals surface area (Å²) >= 11 is 0. The van der Waals surface area contributed by atoms with Gasteiger partial charge in [0.1, 0.15) is 5.82 Å². The van der Waals surface area contributed by atoms with Crippen LogP contribution < -0.4 is 11.0 Å². The standard InChI is InChI=1S/C18H25N5O2/c1-12-5-6-15(11-13(12)2)19-17(24)22-9-7-16(8-10-22)23-14(3)20-21(4)18(23)25/h5-6,11,16H,7-10H2,1-4H3,(H,19,24). The number of rotatable bonds is 2. The molecule has 2 aromatic rings. The van der Waals surface area contributed by atoms with Gasteiger partial charge in [-0.25, -0.2) is 14.3 Å². The van der Waals surface area contributed by atoms with Crippen molar-refractivity contribution in [3.63, 3.8) is 0 Å². The third-order valence-electron chi connectivity index (χ3n) is 5.00. The van der Waals surface area contributed by atoms with Crippen LogP contribution in [-0.2, 0) is 7.05 Å². The van der Waals surface area contributed by atoms with Gasteiger partial charge in [0.15, 0.2) is 0 Å². The highest BCUT2D eigenvalue weighted by Crippen LogP contribution is 2.23. The lowest BCUT2D eigenvalue weighted by Gasteiger charge is -2.32. The summed E-state index contributed by atoms with van der Waals surface area (Å²) in [6.07, 6.45) is 1.51. The summed E-state index contributed by atoms with van der Waals surface area (Å²) in [7, 11) is 1.66. The van der Waals surface area contributed by atoms with E-state index >= 15 is 0 Å². The van der Waals surface area contributed by atoms with Crippen LogP contribution in [0.5, 0.6) is 0 Å². The monoisotopic (exact) mass is 343 g/mol. The van der Waals surface area contributed by atoms with E-state index in [1.807, 2.05) is 43.9 Å². The van der Waals surface area contributed by atoms with E-state index in [0.717, 1.165) is 29.9 Å². The average Bonchev–Trinajstić information content (AvgIpc) is 2.83. The molecule has 1 aliphatic rings. The predicted molar refractivity (Wildman–Crippen MR) is 97.0 cm³/mol. The Hall–Kier alpha value is -2.57. The molecule has 0 spiro atoms. The molecule has 0 aliphatic carbocycles. The first-order chi connectivity index (χ1) is 11.9. The third kappa shape index (κ3) is 3.45. The number of hydrogen-bond acceptors (Lipinski definition) is 3. The fourth-order valence-corrected chi connectivity index (χ4v) is 3.37. The maximum atomic E-state index is 12.5. The molecule has 0 saturated carbocycles. The molecule has 2 heterocycles. The smallest absolute Gasteiger partial charge is 0.324 e. The Kier molecular flexibility index (Phi) is 4.65. The van der Waals surface area contributed by atoms with Crippen molar-refractivity contribution >= 4 is 11.7 Å². The number of aryl methyl sites for hydroxylation is 4. The van der Waals surface area contributed by atoms with Crippen molar-refractivity contribution < 1.29 is 4.79 Å². The second kappa shape index (κ2) is 6.74. The minimum absolute atomic E-state index is 0.0861. The van der Waals surface area contributed by atoms with Crippen molar-refractivity contribution in [3.8, 4) is 0 Å². The number of likely N-dealkylation sites (tertiary alicyclic amines) is 1. The maximum absolute atomic E-state index is 12.5. The number of anilines is 1. The van der Waals surface area contributed by atoms with Crippen LogP contribution in [0.15, 0.2) is 23.0 Å². The number of aromatic nitrogens is 3. The molecule has 1 fully saturated rings. The van der Waals surface area contributed by atoms with Gasteiger partial charge in [0.2, 0.25) is 0 Å². The first-order valence-electron chi connectivity index (χ1n) is 8.62. The molecule has 1 N–H and O–H groups in total. The van der Waals surface area contributed by atoms with Crippen molar-refractivity contribution in [1.29, 1.82) is 0 Å². The van der Waals surface area contributed by atoms with Crippen LogP contribution in [0.25, 0.3) is 0 Å². The van der Waals surface area contributed by atoms with Crippen LogP contribution in [0.1, 0.15) is 35.8 Å². The van der Waals surface area contributed by atoms with E-state index in [1.165, 1.54) is 10.2 Å². The van der Waals surface area contributed by atoms with Crippen molar-refractivity contribution in [3.05, 3.63) is 45.6 Å². The van der Waals surface area contributed by atoms with Crippen LogP contribution in [0.4, 0.5) is 10.5 Å². The number of hydrogen-bond donors (Lipinski definition) is 1. The van der Waals surface area contributed by atoms with E-state index in [9.17, 15) is 9.59 Å². The highest BCUT2D eigenvalue weighted by atomic mass is 16.2. The van der Waals surface area contributed by atoms with Gasteiger partial charge in [-0.3, -0.25) is 4.57 Å². The number of amides is 2. The van der Waals surface area contributed by atoms with Gasteiger partial charge < -0.3 is 10.2 Å². The highest BCUT2D eigenvalue weighted by molar-refractivity contribution is 5.89. The maximum Gasteiger partial charge on any atom is 0.345 e. The van der Waals surface area contributed by atoms with Gasteiger partial charge in [0.05, 0.1) is 0 Å². The number of urea groups is 1. The van der Waals surface area contributed by atoms with E-state index in [2.05, 4.69) is 10.4 Å². The normalized spacial score (nSPS) is 15.4. The Morgan fingerprint density at radius 3 is 2.40 bits per heavy atom. The summed E-state index contributed by atoms with van der Waals surface area (Å²) < 4.78 is 3.12. The van der Waals surface area contributed by atoms with Crippen LogP contribution >= 0.6 is 0 Å². The number of nitrogens with zero attached hydrogens (tertiary/aromatic N) is 4. The lowest BCUT2D eigenvalue weighted by atomic mass is 10.1. The van der Waals surface area contributed by atoms with Crippen LogP contribution in [0.2, 0.25) is 0 Å². The SMILES string of the molecule is Cc1ccc(NC(=O)N2CCC(n3c(C)nn(C)c3=O)CC2)cc1C. The molecular weight excluding hydrogens is 318 g/mol. The van der Waals surface area contributed by atoms with Crippen molar-refractivity contribution in [2.75, 3.05) is 18.4 Å². The van der Waals surface area contributed by atoms with Crippen molar-refractivity contribution in [1.82, 2.24) is 19.2 Å². The Bertz CT molecular complexity index is 844. The van der Waals surface area contributed by atoms with Gasteiger partial charge in [0.25, 0.3) is 0 Å². The summed E-state index contributed by atoms with van der Waals surface area (Å²) in [6.45, 7) is 7.18. The van der Waals surface area contributed by atoms with Gasteiger partial charge in [0, 0.05) is 31.9 Å². The molecule has 1 aromatic heterocycles. The van der Waals surface area contributed by atoms with Gasteiger partial charge >= 0.3 is 11.7 Å². The quantitative estimate of drug-likeness (QED) is 0.910. The topological polar surface area (TPSA) is 72.2 Å². The summed E-state index contributed by atoms with van der Waals surface area (Å²) in [5.41, 5.74) is 3.09. The number of carbonyl (C=O) groups excluding carboxylic acids is 1. The van der Waals surface area contributed by atoms with Gasteiger partial charge in [-0.15, -0.1) is 0 Å². The lowest BCUT2D eigenvalue weighted by molar-refractivity contribution is 0.182. The van der Waals surface area contributed by atoms with Crippen LogP contribution in [0, 0.1) is 20.8 Å². The molecule has 0 atom stereocenters. The Morgan fingerprint density at radius 1 is 1.16 bits per heavy atom. The van der Waals surface area contributed by atoms with E-state index in [4.69, 9.17) is 0 Å². The summed E-state index contributed by atoms with van der Waals surface area (Å²) in [5.74, 6) is 0.727. The van der Waals surface area contributed by atoms with E-state index in [1.54, 1.807) is 11.6 Å². The summed E-state index contributed by atoms with van der Waals surface area (Å²) in [5, 5.41) is 7.15. The number of nitrogens with one attached hydrogen (secondary N) is 1. The minimum atomic E-state index is -0.0875. The molecule has 0 radical (unpaired) electrons. The Labute approximate surface area is 147 Å². The molecule has 1 aromatic carbocycles. The van der Waals surface area contributed by atoms with E-state index in [-0.39, 0.29) is 17.8 Å². The summed E-state index contributed by atoms with van der Waals surface area (Å²) in [6, 6.07) is 5.93. The minimum Gasteiger partial charge on any atom is -0.324 e. The lowest BCUT2D eigenvalue weighted by Crippen LogP contribution is -2.43. The van der Waals surface area contributed by atoms with Crippen LogP contribution in [0.3, 0.4) is 0 Å². The van der Waals surface area contributed by atoms with Crippen LogP contribution in [-0.4, -0.2) is 38.4 Å². The highest BCUT2D eigenvalue weighted by Gasteiger charge is 2.26. The molecule has 25 heavy (non-hydrogen) atoms. The van der Waals surface area contributed by atoms with E-state index < -0.39 is 0 Å². The first kappa shape index (κ1) is 17.3. The van der Waals surface area contributed by atoms with E-state index in [0.29, 0.717) is 13.1 Å². The van der Waals surface area contributed by atoms with Gasteiger partial charge in [-0.2, -0.15) is 5.10 Å². The molecule has 0 bridgehead atoms. The van der Waals surface area contributed by atoms with Crippen molar-refractivity contribution in [2.45, 2.75) is 39.7 Å². The summed E-state index contributed by atoms with van der Waals surface area (Å²) in [4.78, 5) is 26.5. The first-order valence-corrected chi connectivity index (χ1v) is 8.62. The second-order valence-electron chi connectivity index (χ2n) is 6.77. The fourth-order valence-electron chi connectivity index (χ4n) is 3.37. The van der Waals surface area contributed by atoms with Gasteiger partial charge in [-0.1, -0.05) is 6.07 Å². The third-order valence-corrected chi connectivity index (χ3v) is 5.00. The molecule has 1 saturated heterocycles. The molecule has 7 heteroatoms. The Balaban J connectivity index is 1.62. The fraction of sp³-hybridized carbons (Fsp3) is 0.500. The van der Waals surface area contributed by atoms with Gasteiger partial charge in [-0.05, 0) is 56.9 Å². The second-order valence-corrected chi connectivity index (χ2v) is 6.77. The zero-order valence-electron chi connectivity index (χ0n) is 15.2. The zero-order valence-corrected chi connectivity index (χ0v) is 15.2. The zero-order chi connectivity index (χ0) is 18.1. The molecule has 134 valence electrons. The molecule has 3 rings (SSSR count). The molecule has 2 amide bonds. The molecule has 1 aliphatic heterocycles. The molecule has 0 unspecified atom stereocenters. The number of benzene rings is 1. The Morgan fingerprint density at radius 2 is 1.84 bits per heavy atom. The number of piperidine rings is 1. The number of carbonyl (C=O) groups is 1. The van der Waals surface area contributed by atoms with Crippen molar-refractivity contribution in [2.24, 2.45) is 7.05 Å². The molecule has 7 nitrogen and oxygen atoms in total. The molecular formula is C18H25N5O2. The predicted octanol–water partition coefficient (Wildman–Crippen LogP) is 2.38.